The zero-order chi connectivity index (χ0) is 13.7. The summed E-state index contributed by atoms with van der Waals surface area (Å²) < 4.78 is 7.39. The van der Waals surface area contributed by atoms with Gasteiger partial charge in [-0.2, -0.15) is 5.10 Å². The predicted octanol–water partition coefficient (Wildman–Crippen LogP) is 2.50. The molecule has 3 fully saturated rings. The van der Waals surface area contributed by atoms with Crippen molar-refractivity contribution in [1.82, 2.24) is 9.78 Å². The summed E-state index contributed by atoms with van der Waals surface area (Å²) in [5.41, 5.74) is 1.18. The average Bonchev–Trinajstić information content (AvgIpc) is 2.78. The summed E-state index contributed by atoms with van der Waals surface area (Å²) in [5.74, 6) is 2.85. The second-order valence-electron chi connectivity index (χ2n) is 6.96. The minimum atomic E-state index is 0.0154. The van der Waals surface area contributed by atoms with Crippen LogP contribution in [-0.2, 0) is 16.6 Å². The molecule has 1 aromatic rings. The number of nitrogens with zero attached hydrogens (tertiary/aromatic N) is 2. The lowest BCUT2D eigenvalue weighted by Gasteiger charge is -2.21. The molecular formula is C16H22N2O2. The van der Waals surface area contributed by atoms with Crippen LogP contribution in [0.15, 0.2) is 12.4 Å². The number of esters is 1. The van der Waals surface area contributed by atoms with E-state index < -0.39 is 0 Å². The summed E-state index contributed by atoms with van der Waals surface area (Å²) in [6.45, 7) is 0.663. The quantitative estimate of drug-likeness (QED) is 0.792. The highest BCUT2D eigenvalue weighted by atomic mass is 16.5. The maximum Gasteiger partial charge on any atom is 0.309 e. The lowest BCUT2D eigenvalue weighted by Crippen LogP contribution is -2.20. The van der Waals surface area contributed by atoms with E-state index in [0.717, 1.165) is 18.3 Å². The topological polar surface area (TPSA) is 44.1 Å². The fourth-order valence-electron chi connectivity index (χ4n) is 4.33. The summed E-state index contributed by atoms with van der Waals surface area (Å²) in [6, 6.07) is 0. The first-order valence-electron chi connectivity index (χ1n) is 7.86. The Kier molecular flexibility index (Phi) is 2.86. The van der Waals surface area contributed by atoms with Crippen molar-refractivity contribution in [2.75, 3.05) is 6.61 Å². The number of carbonyl (C=O) groups is 1. The molecule has 4 rings (SSSR count). The highest BCUT2D eigenvalue weighted by Gasteiger charge is 2.46. The van der Waals surface area contributed by atoms with Gasteiger partial charge in [-0.15, -0.1) is 0 Å². The van der Waals surface area contributed by atoms with Gasteiger partial charge in [0.1, 0.15) is 0 Å². The predicted molar refractivity (Wildman–Crippen MR) is 74.0 cm³/mol. The van der Waals surface area contributed by atoms with Crippen molar-refractivity contribution in [2.45, 2.75) is 38.0 Å². The zero-order valence-corrected chi connectivity index (χ0v) is 12.0. The number of aryl methyl sites for hydroxylation is 1. The highest BCUT2D eigenvalue weighted by molar-refractivity contribution is 5.77. The van der Waals surface area contributed by atoms with E-state index in [0.29, 0.717) is 18.4 Å². The first-order valence-corrected chi connectivity index (χ1v) is 7.86. The fraction of sp³-hybridized carbons (Fsp3) is 0.750. The highest BCUT2D eigenvalue weighted by Crippen LogP contribution is 2.50. The number of fused-ring (bicyclic) bond motifs is 2. The molecule has 5 atom stereocenters. The molecule has 1 aromatic heterocycles. The van der Waals surface area contributed by atoms with Gasteiger partial charge in [-0.05, 0) is 49.0 Å². The van der Waals surface area contributed by atoms with Gasteiger partial charge in [-0.3, -0.25) is 9.48 Å². The van der Waals surface area contributed by atoms with E-state index in [2.05, 4.69) is 5.10 Å². The summed E-state index contributed by atoms with van der Waals surface area (Å²) in [7, 11) is 1.91. The van der Waals surface area contributed by atoms with Gasteiger partial charge in [-0.25, -0.2) is 0 Å². The van der Waals surface area contributed by atoms with Crippen molar-refractivity contribution >= 4 is 5.97 Å². The molecule has 0 N–H and O–H groups in total. The Bertz CT molecular complexity index is 524. The largest absolute Gasteiger partial charge is 0.465 e. The number of hydrogen-bond acceptors (Lipinski definition) is 3. The molecule has 3 saturated carbocycles. The molecular weight excluding hydrogens is 252 g/mol. The third-order valence-corrected chi connectivity index (χ3v) is 5.57. The first kappa shape index (κ1) is 12.4. The number of carbonyl (C=O) groups excluding carboxylic acids is 1. The number of ether oxygens (including phenoxy) is 1. The van der Waals surface area contributed by atoms with Crippen LogP contribution in [0.3, 0.4) is 0 Å². The van der Waals surface area contributed by atoms with E-state index >= 15 is 0 Å². The van der Waals surface area contributed by atoms with Crippen LogP contribution in [0.1, 0.15) is 43.6 Å². The molecule has 2 bridgehead atoms. The molecule has 4 nitrogen and oxygen atoms in total. The number of rotatable bonds is 4. The minimum absolute atomic E-state index is 0.0154. The SMILES string of the molecule is Cn1cc([C@@H]2C[C@H]2C(=O)OC[C@@H]2C[C@H]3CC[C@H]2C3)cn1. The van der Waals surface area contributed by atoms with Crippen molar-refractivity contribution < 1.29 is 9.53 Å². The van der Waals surface area contributed by atoms with Crippen LogP contribution in [0.5, 0.6) is 0 Å². The van der Waals surface area contributed by atoms with Gasteiger partial charge in [0.15, 0.2) is 0 Å². The molecule has 0 radical (unpaired) electrons. The van der Waals surface area contributed by atoms with Crippen LogP contribution in [0.25, 0.3) is 0 Å². The standard InChI is InChI=1S/C16H22N2O2/c1-18-8-13(7-17-18)14-6-15(14)16(19)20-9-12-5-10-2-3-11(12)4-10/h7-8,10-12,14-15H,2-6,9H2,1H3/t10-,11-,12-,14-,15+/m0/s1. The molecule has 0 saturated heterocycles. The number of hydrogen-bond donors (Lipinski definition) is 0. The third kappa shape index (κ3) is 2.15. The second-order valence-corrected chi connectivity index (χ2v) is 6.96. The summed E-state index contributed by atoms with van der Waals surface area (Å²) >= 11 is 0. The smallest absolute Gasteiger partial charge is 0.309 e. The van der Waals surface area contributed by atoms with Crippen molar-refractivity contribution in [1.29, 1.82) is 0 Å². The van der Waals surface area contributed by atoms with Gasteiger partial charge >= 0.3 is 5.97 Å². The Hall–Kier alpha value is -1.32. The van der Waals surface area contributed by atoms with Crippen LogP contribution in [-0.4, -0.2) is 22.4 Å². The fourth-order valence-corrected chi connectivity index (χ4v) is 4.33. The molecule has 0 spiro atoms. The van der Waals surface area contributed by atoms with Gasteiger partial charge in [0.2, 0.25) is 0 Å². The van der Waals surface area contributed by atoms with Crippen molar-refractivity contribution in [3.8, 4) is 0 Å². The summed E-state index contributed by atoms with van der Waals surface area (Å²) in [6.07, 6.45) is 10.2. The van der Waals surface area contributed by atoms with Crippen LogP contribution >= 0.6 is 0 Å². The van der Waals surface area contributed by atoms with Crippen LogP contribution in [0.4, 0.5) is 0 Å². The normalized spacial score (nSPS) is 38.1. The van der Waals surface area contributed by atoms with Crippen molar-refractivity contribution in [2.24, 2.45) is 30.7 Å². The van der Waals surface area contributed by atoms with Crippen molar-refractivity contribution in [3.63, 3.8) is 0 Å². The Morgan fingerprint density at radius 3 is 2.95 bits per heavy atom. The Labute approximate surface area is 119 Å². The Morgan fingerprint density at radius 1 is 1.40 bits per heavy atom. The molecule has 0 aliphatic heterocycles. The summed E-state index contributed by atoms with van der Waals surface area (Å²) in [4.78, 5) is 12.1. The van der Waals surface area contributed by atoms with Gasteiger partial charge in [0, 0.05) is 19.2 Å². The Morgan fingerprint density at radius 2 is 2.30 bits per heavy atom. The molecule has 3 aliphatic carbocycles. The van der Waals surface area contributed by atoms with Gasteiger partial charge in [0.25, 0.3) is 0 Å². The van der Waals surface area contributed by atoms with Gasteiger partial charge in [0.05, 0.1) is 18.7 Å². The maximum absolute atomic E-state index is 12.1. The van der Waals surface area contributed by atoms with Gasteiger partial charge in [-0.1, -0.05) is 6.42 Å². The maximum atomic E-state index is 12.1. The first-order chi connectivity index (χ1) is 9.70. The lowest BCUT2D eigenvalue weighted by atomic mass is 9.89. The van der Waals surface area contributed by atoms with Crippen LogP contribution in [0.2, 0.25) is 0 Å². The molecule has 20 heavy (non-hydrogen) atoms. The van der Waals surface area contributed by atoms with Crippen molar-refractivity contribution in [3.05, 3.63) is 18.0 Å². The minimum Gasteiger partial charge on any atom is -0.465 e. The van der Waals surface area contributed by atoms with E-state index in [1.165, 1.54) is 31.2 Å². The summed E-state index contributed by atoms with van der Waals surface area (Å²) in [5, 5.41) is 4.17. The zero-order valence-electron chi connectivity index (χ0n) is 12.0. The molecule has 0 amide bonds. The van der Waals surface area contributed by atoms with E-state index in [1.807, 2.05) is 19.4 Å². The molecule has 108 valence electrons. The van der Waals surface area contributed by atoms with E-state index in [-0.39, 0.29) is 11.9 Å². The molecule has 1 heterocycles. The van der Waals surface area contributed by atoms with E-state index in [1.54, 1.807) is 4.68 Å². The second kappa shape index (κ2) is 4.61. The van der Waals surface area contributed by atoms with E-state index in [4.69, 9.17) is 4.74 Å². The Balaban J connectivity index is 1.27. The molecule has 3 aliphatic rings. The van der Waals surface area contributed by atoms with Gasteiger partial charge < -0.3 is 4.74 Å². The molecule has 0 unspecified atom stereocenters. The monoisotopic (exact) mass is 274 g/mol. The molecule has 0 aromatic carbocycles. The lowest BCUT2D eigenvalue weighted by molar-refractivity contribution is -0.147. The number of aromatic nitrogens is 2. The molecule has 4 heteroatoms. The van der Waals surface area contributed by atoms with Crippen LogP contribution < -0.4 is 0 Å². The third-order valence-electron chi connectivity index (χ3n) is 5.57. The van der Waals surface area contributed by atoms with Crippen LogP contribution in [0, 0.1) is 23.7 Å². The van der Waals surface area contributed by atoms with E-state index in [9.17, 15) is 4.79 Å². The average molecular weight is 274 g/mol.